The van der Waals surface area contributed by atoms with Gasteiger partial charge >= 0.3 is 0 Å². The molecule has 6 aromatic rings. The predicted octanol–water partition coefficient (Wildman–Crippen LogP) is 8.10. The molecule has 60 heavy (non-hydrogen) atoms. The van der Waals surface area contributed by atoms with E-state index in [1.807, 2.05) is 66.6 Å². The highest BCUT2D eigenvalue weighted by atomic mass is 32.1. The van der Waals surface area contributed by atoms with Gasteiger partial charge in [0.05, 0.1) is 41.0 Å². The molecule has 1 unspecified atom stereocenters. The number of carbonyl (C=O) groups is 3. The van der Waals surface area contributed by atoms with Crippen molar-refractivity contribution in [2.75, 3.05) is 28.6 Å². The van der Waals surface area contributed by atoms with E-state index in [0.29, 0.717) is 53.1 Å². The number of halogens is 1. The number of anilines is 4. The summed E-state index contributed by atoms with van der Waals surface area (Å²) in [6.07, 6.45) is 6.27. The number of nitrogen functional groups attached to an aromatic ring is 2. The molecule has 0 radical (unpaired) electrons. The van der Waals surface area contributed by atoms with Gasteiger partial charge in [0.15, 0.2) is 0 Å². The molecule has 0 saturated heterocycles. The quantitative estimate of drug-likeness (QED) is 0.0811. The van der Waals surface area contributed by atoms with E-state index in [0.717, 1.165) is 57.4 Å². The topological polar surface area (TPSA) is 182 Å². The van der Waals surface area contributed by atoms with Crippen LogP contribution in [0, 0.1) is 11.7 Å². The van der Waals surface area contributed by atoms with Crippen LogP contribution in [0.25, 0.3) is 11.1 Å². The zero-order valence-electron chi connectivity index (χ0n) is 33.3. The number of aromatic nitrogens is 2. The summed E-state index contributed by atoms with van der Waals surface area (Å²) in [6.45, 7) is 5.07. The van der Waals surface area contributed by atoms with Gasteiger partial charge in [-0.2, -0.15) is 0 Å². The van der Waals surface area contributed by atoms with Gasteiger partial charge in [0.1, 0.15) is 15.8 Å². The van der Waals surface area contributed by atoms with Crippen LogP contribution in [0.15, 0.2) is 90.4 Å². The molecule has 306 valence electrons. The summed E-state index contributed by atoms with van der Waals surface area (Å²) in [5.41, 5.74) is 24.7. The van der Waals surface area contributed by atoms with Crippen molar-refractivity contribution in [3.05, 3.63) is 139 Å². The van der Waals surface area contributed by atoms with Gasteiger partial charge in [-0.3, -0.25) is 14.4 Å². The third kappa shape index (κ3) is 7.22. The molecular weight excluding hydrogens is 796 g/mol. The summed E-state index contributed by atoms with van der Waals surface area (Å²) in [5, 5.41) is 9.81. The highest BCUT2D eigenvalue weighted by Gasteiger charge is 2.50. The molecule has 3 amide bonds. The number of rotatable bonds is 11. The van der Waals surface area contributed by atoms with Crippen LogP contribution in [0.1, 0.15) is 92.0 Å². The maximum absolute atomic E-state index is 14.2. The summed E-state index contributed by atoms with van der Waals surface area (Å²) >= 11 is 3.28. The maximum Gasteiger partial charge on any atom is 0.256 e. The third-order valence-electron chi connectivity index (χ3n) is 12.2. The third-order valence-corrected chi connectivity index (χ3v) is 14.5. The van der Waals surface area contributed by atoms with Crippen molar-refractivity contribution in [3.63, 3.8) is 0 Å². The highest BCUT2D eigenvalue weighted by molar-refractivity contribution is 7.12. The summed E-state index contributed by atoms with van der Waals surface area (Å²) in [4.78, 5) is 53.4. The van der Waals surface area contributed by atoms with Gasteiger partial charge in [0.2, 0.25) is 5.91 Å². The molecule has 14 heteroatoms. The lowest BCUT2D eigenvalue weighted by atomic mass is 9.89. The van der Waals surface area contributed by atoms with Gasteiger partial charge in [0.25, 0.3) is 11.8 Å². The Kier molecular flexibility index (Phi) is 10.0. The van der Waals surface area contributed by atoms with Crippen molar-refractivity contribution in [3.8, 4) is 11.1 Å². The molecule has 1 atom stereocenters. The van der Waals surface area contributed by atoms with E-state index in [1.165, 1.54) is 18.2 Å². The van der Waals surface area contributed by atoms with Crippen molar-refractivity contribution < 1.29 is 18.8 Å². The minimum Gasteiger partial charge on any atom is -0.397 e. The lowest BCUT2D eigenvalue weighted by molar-refractivity contribution is -0.134. The number of carbonyl (C=O) groups excluding carboxylic acids is 3. The van der Waals surface area contributed by atoms with E-state index in [2.05, 4.69) is 15.6 Å². The van der Waals surface area contributed by atoms with Gasteiger partial charge in [-0.1, -0.05) is 38.1 Å². The fourth-order valence-electron chi connectivity index (χ4n) is 8.12. The molecule has 2 aliphatic carbocycles. The van der Waals surface area contributed by atoms with Crippen molar-refractivity contribution >= 4 is 63.1 Å². The van der Waals surface area contributed by atoms with Gasteiger partial charge in [-0.25, -0.2) is 14.4 Å². The zero-order chi connectivity index (χ0) is 41.9. The average molecular weight is 841 g/mol. The van der Waals surface area contributed by atoms with Gasteiger partial charge in [-0.05, 0) is 108 Å². The summed E-state index contributed by atoms with van der Waals surface area (Å²) in [7, 11) is 0. The number of thiazole rings is 2. The lowest BCUT2D eigenvalue weighted by Gasteiger charge is -2.29. The Bertz CT molecular complexity index is 2650. The van der Waals surface area contributed by atoms with Crippen LogP contribution >= 0.6 is 22.7 Å². The van der Waals surface area contributed by atoms with Crippen LogP contribution in [0.2, 0.25) is 0 Å². The fourth-order valence-corrected chi connectivity index (χ4v) is 10.4. The van der Waals surface area contributed by atoms with Crippen LogP contribution in [-0.2, 0) is 28.6 Å². The normalized spacial score (nSPS) is 16.5. The number of nitrogens with two attached hydrogens (primary N) is 3. The van der Waals surface area contributed by atoms with Crippen LogP contribution in [0.3, 0.4) is 0 Å². The van der Waals surface area contributed by atoms with Crippen LogP contribution in [-0.4, -0.2) is 45.2 Å². The molecular formula is C46H45FN8O3S2. The highest BCUT2D eigenvalue weighted by Crippen LogP contribution is 2.56. The number of benzene rings is 4. The van der Waals surface area contributed by atoms with Crippen molar-refractivity contribution in [2.45, 2.75) is 69.4 Å². The Hall–Kier alpha value is -5.96. The monoisotopic (exact) mass is 840 g/mol. The molecule has 11 nitrogen and oxygen atoms in total. The van der Waals surface area contributed by atoms with E-state index >= 15 is 0 Å². The second-order valence-electron chi connectivity index (χ2n) is 16.4. The molecule has 0 bridgehead atoms. The molecule has 3 heterocycles. The second-order valence-corrected chi connectivity index (χ2v) is 18.4. The first-order valence-electron chi connectivity index (χ1n) is 20.1. The Labute approximate surface area is 355 Å². The fraction of sp³-hybridized carbons (Fsp3) is 0.283. The first-order chi connectivity index (χ1) is 28.8. The molecule has 4 aromatic carbocycles. The summed E-state index contributed by atoms with van der Waals surface area (Å²) < 4.78 is 14.2. The molecule has 3 aliphatic rings. The second kappa shape index (κ2) is 15.3. The van der Waals surface area contributed by atoms with Crippen LogP contribution in [0.4, 0.5) is 27.1 Å². The van der Waals surface area contributed by atoms with E-state index in [9.17, 15) is 18.8 Å². The predicted molar refractivity (Wildman–Crippen MR) is 236 cm³/mol. The number of nitrogens with one attached hydrogen (secondary N) is 2. The standard InChI is InChI=1S/C46H45FN8O3S2/c1-25(2)39(50)42(58)55-19-13-35-38(24-55)60-44(54-35)45(14-15-45)28-6-3-26(4-7-28)40(56)52-36-21-27(5-11-33(36)48)32-22-29(46(16-17-46)43-51-18-20-59-43)8-10-31(32)41(57)53-37-23-30(47)9-12-34(37)49/h3-12,18,20-23,25,39H,13-17,19,24,48-50H2,1-2H3,(H,52,56)(H,53,57). The Morgan fingerprint density at radius 3 is 2.17 bits per heavy atom. The van der Waals surface area contributed by atoms with E-state index < -0.39 is 17.8 Å². The SMILES string of the molecule is CC(C)C(N)C(=O)N1CCc2nc(C3(c4ccc(C(=O)Nc5cc(-c6cc(C7(c8nccs8)CC7)ccc6C(=O)Nc6cc(F)ccc6N)ccc5N)cc4)CC3)sc2C1. The summed E-state index contributed by atoms with van der Waals surface area (Å²) in [5.74, 6) is -1.27. The van der Waals surface area contributed by atoms with Gasteiger partial charge in [-0.15, -0.1) is 22.7 Å². The number of hydrogen-bond acceptors (Lipinski definition) is 10. The average Bonchev–Trinajstić information content (AvgIpc) is 4.13. The van der Waals surface area contributed by atoms with E-state index in [-0.39, 0.29) is 39.9 Å². The Morgan fingerprint density at radius 2 is 1.48 bits per heavy atom. The van der Waals surface area contributed by atoms with Gasteiger partial charge < -0.3 is 32.7 Å². The lowest BCUT2D eigenvalue weighted by Crippen LogP contribution is -2.47. The first kappa shape index (κ1) is 39.5. The largest absolute Gasteiger partial charge is 0.397 e. The van der Waals surface area contributed by atoms with E-state index in [4.69, 9.17) is 22.2 Å². The zero-order valence-corrected chi connectivity index (χ0v) is 34.9. The molecule has 1 aliphatic heterocycles. The number of hydrogen-bond donors (Lipinski definition) is 5. The maximum atomic E-state index is 14.2. The molecule has 2 aromatic heterocycles. The number of nitrogens with zero attached hydrogens (tertiary/aromatic N) is 3. The van der Waals surface area contributed by atoms with Crippen LogP contribution < -0.4 is 27.8 Å². The van der Waals surface area contributed by atoms with Crippen molar-refractivity contribution in [2.24, 2.45) is 11.7 Å². The smallest absolute Gasteiger partial charge is 0.256 e. The van der Waals surface area contributed by atoms with Crippen molar-refractivity contribution in [1.82, 2.24) is 14.9 Å². The Morgan fingerprint density at radius 1 is 0.817 bits per heavy atom. The molecule has 8 N–H and O–H groups in total. The molecule has 2 fully saturated rings. The summed E-state index contributed by atoms with van der Waals surface area (Å²) in [6, 6.07) is 22.0. The molecule has 2 saturated carbocycles. The van der Waals surface area contributed by atoms with Crippen molar-refractivity contribution in [1.29, 1.82) is 0 Å². The minimum absolute atomic E-state index is 0.0156. The number of amides is 3. The van der Waals surface area contributed by atoms with Gasteiger partial charge in [0, 0.05) is 51.4 Å². The minimum atomic E-state index is -0.525. The first-order valence-corrected chi connectivity index (χ1v) is 21.8. The molecule has 9 rings (SSSR count). The van der Waals surface area contributed by atoms with Crippen LogP contribution in [0.5, 0.6) is 0 Å². The number of fused-ring (bicyclic) bond motifs is 1. The Balaban J connectivity index is 0.962. The van der Waals surface area contributed by atoms with E-state index in [1.54, 1.807) is 47.1 Å². The molecule has 0 spiro atoms.